The molecule has 0 aliphatic carbocycles. The highest BCUT2D eigenvalue weighted by Crippen LogP contribution is 2.23. The fraction of sp³-hybridized carbons (Fsp3) is 0.583. The Hall–Kier alpha value is -0.190. The molecule has 0 N–H and O–H groups in total. The molecule has 2 nitrogen and oxygen atoms in total. The van der Waals surface area contributed by atoms with Gasteiger partial charge >= 0.3 is 0 Å². The van der Waals surface area contributed by atoms with E-state index in [1.54, 1.807) is 0 Å². The number of thiophene rings is 1. The zero-order valence-corrected chi connectivity index (χ0v) is 12.1. The summed E-state index contributed by atoms with van der Waals surface area (Å²) in [5.41, 5.74) is 0. The maximum atomic E-state index is 11.7. The zero-order valence-electron chi connectivity index (χ0n) is 9.66. The number of Topliss-reactive ketones (excluding diaryl/α,β-unsaturated/α-hetero) is 1. The van der Waals surface area contributed by atoms with Gasteiger partial charge in [-0.3, -0.25) is 4.79 Å². The second-order valence-corrected chi connectivity index (χ2v) is 5.88. The fourth-order valence-electron chi connectivity index (χ4n) is 1.32. The first-order valence-corrected chi connectivity index (χ1v) is 7.12. The fourth-order valence-corrected chi connectivity index (χ4v) is 2.84. The van der Waals surface area contributed by atoms with E-state index in [1.807, 2.05) is 11.4 Å². The van der Waals surface area contributed by atoms with E-state index in [0.29, 0.717) is 12.5 Å². The van der Waals surface area contributed by atoms with Crippen molar-refractivity contribution in [1.29, 1.82) is 0 Å². The van der Waals surface area contributed by atoms with Crippen molar-refractivity contribution in [3.8, 4) is 0 Å². The van der Waals surface area contributed by atoms with Crippen LogP contribution in [0.25, 0.3) is 0 Å². The first-order chi connectivity index (χ1) is 7.61. The SMILES string of the molecule is CC(C)CCCOCC(=O)c1sccc1Br. The van der Waals surface area contributed by atoms with Gasteiger partial charge in [-0.15, -0.1) is 11.3 Å². The van der Waals surface area contributed by atoms with Gasteiger partial charge in [0.1, 0.15) is 6.61 Å². The average Bonchev–Trinajstić information content (AvgIpc) is 2.63. The molecular formula is C12H17BrO2S. The van der Waals surface area contributed by atoms with Gasteiger partial charge in [-0.25, -0.2) is 0 Å². The first kappa shape index (κ1) is 13.9. The van der Waals surface area contributed by atoms with E-state index in [9.17, 15) is 4.79 Å². The Kier molecular flexibility index (Phi) is 6.24. The highest BCUT2D eigenvalue weighted by Gasteiger charge is 2.11. The summed E-state index contributed by atoms with van der Waals surface area (Å²) in [5, 5.41) is 1.90. The van der Waals surface area contributed by atoms with Crippen LogP contribution in [0.2, 0.25) is 0 Å². The van der Waals surface area contributed by atoms with Gasteiger partial charge in [0, 0.05) is 11.1 Å². The molecule has 1 aromatic heterocycles. The Balaban J connectivity index is 2.19. The highest BCUT2D eigenvalue weighted by atomic mass is 79.9. The van der Waals surface area contributed by atoms with Crippen molar-refractivity contribution in [2.75, 3.05) is 13.2 Å². The summed E-state index contributed by atoms with van der Waals surface area (Å²) in [6.45, 7) is 5.24. The van der Waals surface area contributed by atoms with Crippen LogP contribution in [0.3, 0.4) is 0 Å². The van der Waals surface area contributed by atoms with Crippen LogP contribution in [0.15, 0.2) is 15.9 Å². The van der Waals surface area contributed by atoms with Gasteiger partial charge in [0.05, 0.1) is 4.88 Å². The summed E-state index contributed by atoms with van der Waals surface area (Å²) in [5.74, 6) is 0.761. The van der Waals surface area contributed by atoms with Crippen molar-refractivity contribution in [3.63, 3.8) is 0 Å². The number of carbonyl (C=O) groups is 1. The van der Waals surface area contributed by atoms with E-state index < -0.39 is 0 Å². The second-order valence-electron chi connectivity index (χ2n) is 4.11. The summed E-state index contributed by atoms with van der Waals surface area (Å²) in [4.78, 5) is 12.4. The lowest BCUT2D eigenvalue weighted by atomic mass is 10.1. The molecule has 1 heterocycles. The Labute approximate surface area is 109 Å². The topological polar surface area (TPSA) is 26.3 Å². The second kappa shape index (κ2) is 7.20. The van der Waals surface area contributed by atoms with Crippen LogP contribution in [0.4, 0.5) is 0 Å². The van der Waals surface area contributed by atoms with Crippen molar-refractivity contribution in [1.82, 2.24) is 0 Å². The van der Waals surface area contributed by atoms with E-state index in [4.69, 9.17) is 4.74 Å². The van der Waals surface area contributed by atoms with Gasteiger partial charge in [0.15, 0.2) is 5.78 Å². The average molecular weight is 305 g/mol. The third-order valence-electron chi connectivity index (χ3n) is 2.17. The minimum atomic E-state index is 0.0615. The molecule has 0 spiro atoms. The Morgan fingerprint density at radius 2 is 2.31 bits per heavy atom. The number of carbonyl (C=O) groups excluding carboxylic acids is 1. The third kappa shape index (κ3) is 4.76. The molecule has 0 bridgehead atoms. The van der Waals surface area contributed by atoms with Crippen LogP contribution in [0.1, 0.15) is 36.4 Å². The summed E-state index contributed by atoms with van der Waals surface area (Å²) < 4.78 is 6.23. The van der Waals surface area contributed by atoms with Crippen LogP contribution in [-0.4, -0.2) is 19.0 Å². The maximum Gasteiger partial charge on any atom is 0.199 e. The molecule has 16 heavy (non-hydrogen) atoms. The number of rotatable bonds is 7. The van der Waals surface area contributed by atoms with E-state index in [-0.39, 0.29) is 12.4 Å². The summed E-state index contributed by atoms with van der Waals surface area (Å²) in [6, 6.07) is 1.89. The molecule has 4 heteroatoms. The van der Waals surface area contributed by atoms with E-state index in [2.05, 4.69) is 29.8 Å². The van der Waals surface area contributed by atoms with Crippen LogP contribution in [0.5, 0.6) is 0 Å². The lowest BCUT2D eigenvalue weighted by Crippen LogP contribution is -2.09. The van der Waals surface area contributed by atoms with Gasteiger partial charge in [-0.1, -0.05) is 13.8 Å². The summed E-state index contributed by atoms with van der Waals surface area (Å²) in [7, 11) is 0. The van der Waals surface area contributed by atoms with Gasteiger partial charge < -0.3 is 4.74 Å². The number of ether oxygens (including phenoxy) is 1. The molecule has 0 radical (unpaired) electrons. The normalized spacial score (nSPS) is 11.0. The molecule has 0 aliphatic heterocycles. The van der Waals surface area contributed by atoms with Crippen molar-refractivity contribution >= 4 is 33.0 Å². The van der Waals surface area contributed by atoms with Gasteiger partial charge in [-0.2, -0.15) is 0 Å². The minimum Gasteiger partial charge on any atom is -0.373 e. The number of hydrogen-bond donors (Lipinski definition) is 0. The van der Waals surface area contributed by atoms with Crippen molar-refractivity contribution in [2.24, 2.45) is 5.92 Å². The van der Waals surface area contributed by atoms with Crippen LogP contribution in [0, 0.1) is 5.92 Å². The molecule has 0 saturated heterocycles. The molecule has 0 amide bonds. The molecule has 0 unspecified atom stereocenters. The predicted molar refractivity (Wildman–Crippen MR) is 71.2 cm³/mol. The van der Waals surface area contributed by atoms with Crippen molar-refractivity contribution in [2.45, 2.75) is 26.7 Å². The molecule has 1 aromatic rings. The van der Waals surface area contributed by atoms with Gasteiger partial charge in [0.2, 0.25) is 0 Å². The first-order valence-electron chi connectivity index (χ1n) is 5.45. The molecule has 0 aromatic carbocycles. The minimum absolute atomic E-state index is 0.0615. The van der Waals surface area contributed by atoms with Gasteiger partial charge in [-0.05, 0) is 46.1 Å². The Morgan fingerprint density at radius 1 is 1.56 bits per heavy atom. The molecule has 90 valence electrons. The molecule has 0 aliphatic rings. The standard InChI is InChI=1S/C12H17BrO2S/c1-9(2)4-3-6-15-8-11(14)12-10(13)5-7-16-12/h5,7,9H,3-4,6,8H2,1-2H3. The molecule has 1 rings (SSSR count). The highest BCUT2D eigenvalue weighted by molar-refractivity contribution is 9.10. The number of ketones is 1. The van der Waals surface area contributed by atoms with Crippen LogP contribution in [-0.2, 0) is 4.74 Å². The lowest BCUT2D eigenvalue weighted by Gasteiger charge is -2.05. The smallest absolute Gasteiger partial charge is 0.199 e. The Bertz CT molecular complexity index is 334. The zero-order chi connectivity index (χ0) is 12.0. The van der Waals surface area contributed by atoms with Crippen molar-refractivity contribution in [3.05, 3.63) is 20.8 Å². The summed E-state index contributed by atoms with van der Waals surface area (Å²) >= 11 is 4.79. The summed E-state index contributed by atoms with van der Waals surface area (Å²) in [6.07, 6.45) is 2.17. The van der Waals surface area contributed by atoms with Crippen LogP contribution >= 0.6 is 27.3 Å². The quantitative estimate of drug-likeness (QED) is 0.559. The maximum absolute atomic E-state index is 11.7. The van der Waals surface area contributed by atoms with Crippen LogP contribution < -0.4 is 0 Å². The van der Waals surface area contributed by atoms with Gasteiger partial charge in [0.25, 0.3) is 0 Å². The molecule has 0 saturated carbocycles. The van der Waals surface area contributed by atoms with E-state index in [0.717, 1.165) is 22.2 Å². The molecule has 0 atom stereocenters. The third-order valence-corrected chi connectivity index (χ3v) is 4.05. The molecule has 0 fully saturated rings. The van der Waals surface area contributed by atoms with E-state index in [1.165, 1.54) is 11.3 Å². The largest absolute Gasteiger partial charge is 0.373 e. The Morgan fingerprint density at radius 3 is 2.88 bits per heavy atom. The monoisotopic (exact) mass is 304 g/mol. The number of hydrogen-bond acceptors (Lipinski definition) is 3. The number of halogens is 1. The van der Waals surface area contributed by atoms with E-state index >= 15 is 0 Å². The van der Waals surface area contributed by atoms with Crippen molar-refractivity contribution < 1.29 is 9.53 Å². The predicted octanol–water partition coefficient (Wildman–Crippen LogP) is 4.15. The lowest BCUT2D eigenvalue weighted by molar-refractivity contribution is 0.0752. The molecular weight excluding hydrogens is 288 g/mol.